The fraction of sp³-hybridized carbons (Fsp3) is 0.156. The standard InChI is InChI=1S/C32H29NO6/c1-37-30(34)20-26-19-25(15-18-29(26)32(36)38-2)31(35)33(21-23-9-5-3-6-10-23)22-24-13-16-28(17-14-24)39-27-11-7-4-8-12-27/h3-19H,20-22H2,1-2H3. The number of amides is 1. The summed E-state index contributed by atoms with van der Waals surface area (Å²) in [6, 6.07) is 31.4. The highest BCUT2D eigenvalue weighted by Gasteiger charge is 2.21. The third-order valence-electron chi connectivity index (χ3n) is 6.10. The van der Waals surface area contributed by atoms with Crippen LogP contribution in [-0.4, -0.2) is 37.0 Å². The molecule has 0 bridgehead atoms. The van der Waals surface area contributed by atoms with Gasteiger partial charge in [-0.25, -0.2) is 4.79 Å². The van der Waals surface area contributed by atoms with Crippen molar-refractivity contribution in [3.8, 4) is 11.5 Å². The quantitative estimate of drug-likeness (QED) is 0.244. The van der Waals surface area contributed by atoms with E-state index in [-0.39, 0.29) is 17.9 Å². The van der Waals surface area contributed by atoms with Gasteiger partial charge in [-0.15, -0.1) is 0 Å². The molecule has 0 saturated carbocycles. The topological polar surface area (TPSA) is 82.1 Å². The van der Waals surface area contributed by atoms with Gasteiger partial charge in [-0.2, -0.15) is 0 Å². The zero-order valence-corrected chi connectivity index (χ0v) is 21.8. The summed E-state index contributed by atoms with van der Waals surface area (Å²) in [5.41, 5.74) is 2.81. The Kier molecular flexibility index (Phi) is 9.08. The molecule has 4 aromatic rings. The second kappa shape index (κ2) is 13.1. The summed E-state index contributed by atoms with van der Waals surface area (Å²) in [6.45, 7) is 0.706. The number of para-hydroxylation sites is 1. The zero-order chi connectivity index (χ0) is 27.6. The van der Waals surface area contributed by atoms with Gasteiger partial charge < -0.3 is 19.1 Å². The first-order valence-corrected chi connectivity index (χ1v) is 12.4. The molecule has 4 rings (SSSR count). The summed E-state index contributed by atoms with van der Waals surface area (Å²) in [7, 11) is 2.54. The van der Waals surface area contributed by atoms with Crippen molar-refractivity contribution in [1.82, 2.24) is 4.90 Å². The lowest BCUT2D eigenvalue weighted by Gasteiger charge is -2.24. The Balaban J connectivity index is 1.60. The predicted octanol–water partition coefficient (Wildman–Crippen LogP) is 5.82. The van der Waals surface area contributed by atoms with Gasteiger partial charge in [-0.1, -0.05) is 60.7 Å². The van der Waals surface area contributed by atoms with Crippen molar-refractivity contribution in [1.29, 1.82) is 0 Å². The maximum Gasteiger partial charge on any atom is 0.338 e. The van der Waals surface area contributed by atoms with Crippen molar-refractivity contribution in [3.05, 3.63) is 131 Å². The smallest absolute Gasteiger partial charge is 0.338 e. The average molecular weight is 524 g/mol. The van der Waals surface area contributed by atoms with Crippen LogP contribution in [0, 0.1) is 0 Å². The predicted molar refractivity (Wildman–Crippen MR) is 146 cm³/mol. The third-order valence-corrected chi connectivity index (χ3v) is 6.10. The molecule has 0 unspecified atom stereocenters. The van der Waals surface area contributed by atoms with Crippen LogP contribution in [0.5, 0.6) is 11.5 Å². The lowest BCUT2D eigenvalue weighted by molar-refractivity contribution is -0.139. The first kappa shape index (κ1) is 27.1. The van der Waals surface area contributed by atoms with Gasteiger partial charge in [0.25, 0.3) is 5.91 Å². The molecule has 198 valence electrons. The highest BCUT2D eigenvalue weighted by atomic mass is 16.5. The van der Waals surface area contributed by atoms with Crippen molar-refractivity contribution in [3.63, 3.8) is 0 Å². The second-order valence-electron chi connectivity index (χ2n) is 8.82. The highest BCUT2D eigenvalue weighted by molar-refractivity contribution is 5.98. The van der Waals surface area contributed by atoms with E-state index in [1.807, 2.05) is 84.9 Å². The monoisotopic (exact) mass is 523 g/mol. The van der Waals surface area contributed by atoms with E-state index in [4.69, 9.17) is 14.2 Å². The van der Waals surface area contributed by atoms with Crippen LogP contribution in [-0.2, 0) is 33.8 Å². The molecule has 0 aliphatic rings. The Morgan fingerprint density at radius 2 is 1.26 bits per heavy atom. The highest BCUT2D eigenvalue weighted by Crippen LogP contribution is 2.23. The molecule has 4 aromatic carbocycles. The Bertz CT molecular complexity index is 1420. The van der Waals surface area contributed by atoms with Crippen LogP contribution in [0.1, 0.15) is 37.4 Å². The summed E-state index contributed by atoms with van der Waals surface area (Å²) < 4.78 is 15.5. The average Bonchev–Trinajstić information content (AvgIpc) is 2.98. The van der Waals surface area contributed by atoms with E-state index in [1.54, 1.807) is 17.0 Å². The van der Waals surface area contributed by atoms with Gasteiger partial charge in [-0.05, 0) is 59.2 Å². The number of carbonyl (C=O) groups excluding carboxylic acids is 3. The molecular formula is C32H29NO6. The number of hydrogen-bond acceptors (Lipinski definition) is 6. The van der Waals surface area contributed by atoms with Crippen LogP contribution in [0.2, 0.25) is 0 Å². The minimum absolute atomic E-state index is 0.163. The van der Waals surface area contributed by atoms with E-state index >= 15 is 0 Å². The molecule has 0 atom stereocenters. The van der Waals surface area contributed by atoms with E-state index in [0.717, 1.165) is 16.9 Å². The fourth-order valence-corrected chi connectivity index (χ4v) is 4.10. The summed E-state index contributed by atoms with van der Waals surface area (Å²) in [5.74, 6) is 0.0718. The van der Waals surface area contributed by atoms with E-state index in [1.165, 1.54) is 20.3 Å². The summed E-state index contributed by atoms with van der Waals surface area (Å²) in [6.07, 6.45) is -0.163. The Morgan fingerprint density at radius 3 is 1.87 bits per heavy atom. The van der Waals surface area contributed by atoms with Crippen molar-refractivity contribution >= 4 is 17.8 Å². The van der Waals surface area contributed by atoms with Gasteiger partial charge in [0.15, 0.2) is 0 Å². The molecule has 0 fully saturated rings. The Morgan fingerprint density at radius 1 is 0.667 bits per heavy atom. The molecule has 0 radical (unpaired) electrons. The lowest BCUT2D eigenvalue weighted by atomic mass is 10.00. The van der Waals surface area contributed by atoms with Gasteiger partial charge in [0.2, 0.25) is 0 Å². The second-order valence-corrected chi connectivity index (χ2v) is 8.82. The molecule has 0 saturated heterocycles. The molecule has 0 N–H and O–H groups in total. The maximum atomic E-state index is 13.8. The molecule has 0 aliphatic carbocycles. The fourth-order valence-electron chi connectivity index (χ4n) is 4.10. The van der Waals surface area contributed by atoms with E-state index in [2.05, 4.69) is 0 Å². The molecule has 7 nitrogen and oxygen atoms in total. The number of nitrogens with zero attached hydrogens (tertiary/aromatic N) is 1. The Labute approximate surface area is 227 Å². The molecule has 1 amide bonds. The molecule has 0 spiro atoms. The number of hydrogen-bond donors (Lipinski definition) is 0. The summed E-state index contributed by atoms with van der Waals surface area (Å²) in [4.78, 5) is 39.8. The minimum Gasteiger partial charge on any atom is -0.469 e. The Hall–Kier alpha value is -4.91. The zero-order valence-electron chi connectivity index (χ0n) is 21.8. The number of carbonyl (C=O) groups is 3. The molecule has 0 aliphatic heterocycles. The molecule has 39 heavy (non-hydrogen) atoms. The third kappa shape index (κ3) is 7.32. The number of methoxy groups -OCH3 is 2. The van der Waals surface area contributed by atoms with Crippen LogP contribution < -0.4 is 4.74 Å². The molecule has 0 aromatic heterocycles. The normalized spacial score (nSPS) is 10.4. The van der Waals surface area contributed by atoms with E-state index < -0.39 is 11.9 Å². The van der Waals surface area contributed by atoms with Crippen LogP contribution in [0.4, 0.5) is 0 Å². The number of ether oxygens (including phenoxy) is 3. The van der Waals surface area contributed by atoms with Crippen molar-refractivity contribution in [2.75, 3.05) is 14.2 Å². The van der Waals surface area contributed by atoms with E-state index in [9.17, 15) is 14.4 Å². The van der Waals surface area contributed by atoms with Crippen LogP contribution in [0.3, 0.4) is 0 Å². The maximum absolute atomic E-state index is 13.8. The van der Waals surface area contributed by atoms with Crippen molar-refractivity contribution < 1.29 is 28.6 Å². The summed E-state index contributed by atoms with van der Waals surface area (Å²) in [5, 5.41) is 0. The van der Waals surface area contributed by atoms with Crippen LogP contribution in [0.15, 0.2) is 103 Å². The summed E-state index contributed by atoms with van der Waals surface area (Å²) >= 11 is 0. The van der Waals surface area contributed by atoms with Gasteiger partial charge in [0.05, 0.1) is 26.2 Å². The number of esters is 2. The molecule has 0 heterocycles. The minimum atomic E-state index is -0.591. The van der Waals surface area contributed by atoms with Gasteiger partial charge in [0, 0.05) is 18.7 Å². The van der Waals surface area contributed by atoms with Crippen molar-refractivity contribution in [2.24, 2.45) is 0 Å². The largest absolute Gasteiger partial charge is 0.469 e. The first-order valence-electron chi connectivity index (χ1n) is 12.4. The van der Waals surface area contributed by atoms with Gasteiger partial charge in [-0.3, -0.25) is 9.59 Å². The van der Waals surface area contributed by atoms with Gasteiger partial charge in [0.1, 0.15) is 11.5 Å². The van der Waals surface area contributed by atoms with Crippen molar-refractivity contribution in [2.45, 2.75) is 19.5 Å². The molecule has 7 heteroatoms. The van der Waals surface area contributed by atoms with Crippen LogP contribution >= 0.6 is 0 Å². The number of benzene rings is 4. The van der Waals surface area contributed by atoms with E-state index in [0.29, 0.717) is 30.0 Å². The van der Waals surface area contributed by atoms with Crippen LogP contribution in [0.25, 0.3) is 0 Å². The lowest BCUT2D eigenvalue weighted by Crippen LogP contribution is -2.30. The number of rotatable bonds is 10. The first-order chi connectivity index (χ1) is 19.0. The SMILES string of the molecule is COC(=O)Cc1cc(C(=O)N(Cc2ccccc2)Cc2ccc(Oc3ccccc3)cc2)ccc1C(=O)OC. The molecular weight excluding hydrogens is 494 g/mol. The van der Waals surface area contributed by atoms with Gasteiger partial charge >= 0.3 is 11.9 Å².